The van der Waals surface area contributed by atoms with Gasteiger partial charge in [-0.25, -0.2) is 4.39 Å². The quantitative estimate of drug-likeness (QED) is 0.833. The van der Waals surface area contributed by atoms with E-state index in [1.54, 1.807) is 6.92 Å². The Hall–Kier alpha value is -1.58. The molecule has 1 unspecified atom stereocenters. The molecule has 0 saturated heterocycles. The molecule has 82 valence electrons. The summed E-state index contributed by atoms with van der Waals surface area (Å²) in [7, 11) is 0. The lowest BCUT2D eigenvalue weighted by Crippen LogP contribution is -2.09. The van der Waals surface area contributed by atoms with Crippen LogP contribution in [0.5, 0.6) is 5.75 Å². The highest BCUT2D eigenvalue weighted by molar-refractivity contribution is 5.76. The van der Waals surface area contributed by atoms with Crippen LogP contribution in [0.15, 0.2) is 18.2 Å². The van der Waals surface area contributed by atoms with Gasteiger partial charge in [0.25, 0.3) is 0 Å². The van der Waals surface area contributed by atoms with Crippen LogP contribution in [-0.2, 0) is 4.79 Å². The van der Waals surface area contributed by atoms with Crippen LogP contribution in [0.25, 0.3) is 0 Å². The second-order valence-electron chi connectivity index (χ2n) is 3.18. The van der Waals surface area contributed by atoms with Crippen LogP contribution < -0.4 is 4.74 Å². The van der Waals surface area contributed by atoms with Gasteiger partial charge in [0.15, 0.2) is 0 Å². The van der Waals surface area contributed by atoms with Gasteiger partial charge in [-0.2, -0.15) is 0 Å². The van der Waals surface area contributed by atoms with Crippen molar-refractivity contribution in [2.75, 3.05) is 6.61 Å². The molecule has 0 bridgehead atoms. The summed E-state index contributed by atoms with van der Waals surface area (Å²) in [5.74, 6) is -1.79. The number of ether oxygens (including phenoxy) is 1. The molecule has 0 saturated carbocycles. The fourth-order valence-corrected chi connectivity index (χ4v) is 1.28. The molecule has 1 N–H and O–H groups in total. The third-order valence-electron chi connectivity index (χ3n) is 2.11. The van der Waals surface area contributed by atoms with E-state index in [9.17, 15) is 9.18 Å². The number of carboxylic acid groups (broad SMARTS) is 1. The maximum atomic E-state index is 12.9. The second kappa shape index (κ2) is 4.77. The van der Waals surface area contributed by atoms with Gasteiger partial charge in [-0.1, -0.05) is 6.07 Å². The molecule has 0 aliphatic carbocycles. The van der Waals surface area contributed by atoms with Crippen LogP contribution >= 0.6 is 0 Å². The SMILES string of the molecule is CCOc1cc(F)ccc1C(C)C(=O)O. The van der Waals surface area contributed by atoms with Crippen LogP contribution in [0.1, 0.15) is 25.3 Å². The predicted molar refractivity (Wildman–Crippen MR) is 53.6 cm³/mol. The Morgan fingerprint density at radius 2 is 2.27 bits per heavy atom. The van der Waals surface area contributed by atoms with Gasteiger partial charge in [0.05, 0.1) is 12.5 Å². The minimum Gasteiger partial charge on any atom is -0.493 e. The lowest BCUT2D eigenvalue weighted by atomic mass is 10.0. The molecule has 3 nitrogen and oxygen atoms in total. The number of carboxylic acids is 1. The van der Waals surface area contributed by atoms with Gasteiger partial charge in [0.1, 0.15) is 11.6 Å². The molecule has 1 aromatic carbocycles. The van der Waals surface area contributed by atoms with E-state index in [4.69, 9.17) is 9.84 Å². The van der Waals surface area contributed by atoms with E-state index in [1.807, 2.05) is 0 Å². The molecule has 0 heterocycles. The van der Waals surface area contributed by atoms with Crippen molar-refractivity contribution in [3.63, 3.8) is 0 Å². The molecule has 4 heteroatoms. The summed E-state index contributed by atoms with van der Waals surface area (Å²) in [5, 5.41) is 8.85. The fraction of sp³-hybridized carbons (Fsp3) is 0.364. The van der Waals surface area contributed by atoms with Crippen molar-refractivity contribution in [3.05, 3.63) is 29.6 Å². The monoisotopic (exact) mass is 212 g/mol. The first-order valence-corrected chi connectivity index (χ1v) is 4.71. The molecule has 1 rings (SSSR count). The molecule has 0 aliphatic rings. The number of hydrogen-bond donors (Lipinski definition) is 1. The van der Waals surface area contributed by atoms with Crippen LogP contribution in [0.2, 0.25) is 0 Å². The summed E-state index contributed by atoms with van der Waals surface area (Å²) in [4.78, 5) is 10.8. The Balaban J connectivity index is 3.10. The maximum absolute atomic E-state index is 12.9. The molecule has 0 spiro atoms. The van der Waals surface area contributed by atoms with E-state index in [2.05, 4.69) is 0 Å². The number of aliphatic carboxylic acids is 1. The van der Waals surface area contributed by atoms with Gasteiger partial charge >= 0.3 is 5.97 Å². The van der Waals surface area contributed by atoms with Crippen LogP contribution in [0.4, 0.5) is 4.39 Å². The van der Waals surface area contributed by atoms with Crippen molar-refractivity contribution in [2.24, 2.45) is 0 Å². The number of hydrogen-bond acceptors (Lipinski definition) is 2. The van der Waals surface area contributed by atoms with Crippen LogP contribution in [0.3, 0.4) is 0 Å². The Labute approximate surface area is 87.5 Å². The number of carbonyl (C=O) groups is 1. The van der Waals surface area contributed by atoms with E-state index in [0.717, 1.165) is 0 Å². The summed E-state index contributed by atoms with van der Waals surface area (Å²) in [6.45, 7) is 3.68. The van der Waals surface area contributed by atoms with E-state index >= 15 is 0 Å². The zero-order valence-corrected chi connectivity index (χ0v) is 8.66. The largest absolute Gasteiger partial charge is 0.493 e. The van der Waals surface area contributed by atoms with Gasteiger partial charge < -0.3 is 9.84 Å². The van der Waals surface area contributed by atoms with Crippen molar-refractivity contribution in [3.8, 4) is 5.75 Å². The first kappa shape index (κ1) is 11.5. The zero-order valence-electron chi connectivity index (χ0n) is 8.66. The molecule has 15 heavy (non-hydrogen) atoms. The first-order chi connectivity index (χ1) is 7.06. The van der Waals surface area contributed by atoms with Crippen LogP contribution in [0, 0.1) is 5.82 Å². The molecular formula is C11H13FO3. The predicted octanol–water partition coefficient (Wildman–Crippen LogP) is 2.41. The summed E-state index contributed by atoms with van der Waals surface area (Å²) in [6.07, 6.45) is 0. The fourth-order valence-electron chi connectivity index (χ4n) is 1.28. The van der Waals surface area contributed by atoms with Crippen molar-refractivity contribution in [1.82, 2.24) is 0 Å². The Bertz CT molecular complexity index is 363. The van der Waals surface area contributed by atoms with Gasteiger partial charge in [0, 0.05) is 11.6 Å². The minimum absolute atomic E-state index is 0.299. The standard InChI is InChI=1S/C11H13FO3/c1-3-15-10-6-8(12)4-5-9(10)7(2)11(13)14/h4-7H,3H2,1-2H3,(H,13,14). The number of benzene rings is 1. The molecular weight excluding hydrogens is 199 g/mol. The average Bonchev–Trinajstić information content (AvgIpc) is 2.17. The highest BCUT2D eigenvalue weighted by Crippen LogP contribution is 2.27. The smallest absolute Gasteiger partial charge is 0.310 e. The molecule has 0 radical (unpaired) electrons. The molecule has 0 aliphatic heterocycles. The minimum atomic E-state index is -0.956. The van der Waals surface area contributed by atoms with Crippen molar-refractivity contribution >= 4 is 5.97 Å². The maximum Gasteiger partial charge on any atom is 0.310 e. The lowest BCUT2D eigenvalue weighted by Gasteiger charge is -2.13. The number of rotatable bonds is 4. The third-order valence-corrected chi connectivity index (χ3v) is 2.11. The summed E-state index contributed by atoms with van der Waals surface area (Å²) in [6, 6.07) is 3.88. The van der Waals surface area contributed by atoms with Gasteiger partial charge in [-0.3, -0.25) is 4.79 Å². The van der Waals surface area contributed by atoms with Crippen molar-refractivity contribution in [1.29, 1.82) is 0 Å². The molecule has 0 aromatic heterocycles. The van der Waals surface area contributed by atoms with E-state index in [-0.39, 0.29) is 0 Å². The van der Waals surface area contributed by atoms with Crippen LogP contribution in [-0.4, -0.2) is 17.7 Å². The van der Waals surface area contributed by atoms with Gasteiger partial charge in [0.2, 0.25) is 0 Å². The van der Waals surface area contributed by atoms with E-state index < -0.39 is 17.7 Å². The Morgan fingerprint density at radius 1 is 1.60 bits per heavy atom. The highest BCUT2D eigenvalue weighted by Gasteiger charge is 2.18. The third kappa shape index (κ3) is 2.68. The van der Waals surface area contributed by atoms with E-state index in [0.29, 0.717) is 17.9 Å². The topological polar surface area (TPSA) is 46.5 Å². The highest BCUT2D eigenvalue weighted by atomic mass is 19.1. The Kier molecular flexibility index (Phi) is 3.66. The molecule has 1 atom stereocenters. The Morgan fingerprint density at radius 3 is 2.80 bits per heavy atom. The second-order valence-corrected chi connectivity index (χ2v) is 3.18. The molecule has 1 aromatic rings. The molecule has 0 fully saturated rings. The van der Waals surface area contributed by atoms with Crippen molar-refractivity contribution in [2.45, 2.75) is 19.8 Å². The lowest BCUT2D eigenvalue weighted by molar-refractivity contribution is -0.138. The van der Waals surface area contributed by atoms with Crippen molar-refractivity contribution < 1.29 is 19.0 Å². The van der Waals surface area contributed by atoms with Gasteiger partial charge in [-0.05, 0) is 19.9 Å². The first-order valence-electron chi connectivity index (χ1n) is 4.71. The summed E-state index contributed by atoms with van der Waals surface area (Å²) < 4.78 is 18.1. The van der Waals surface area contributed by atoms with E-state index in [1.165, 1.54) is 25.1 Å². The number of halogens is 1. The van der Waals surface area contributed by atoms with Gasteiger partial charge in [-0.15, -0.1) is 0 Å². The summed E-state index contributed by atoms with van der Waals surface area (Å²) in [5.41, 5.74) is 0.491. The average molecular weight is 212 g/mol. The normalized spacial score (nSPS) is 12.2. The zero-order chi connectivity index (χ0) is 11.4. The summed E-state index contributed by atoms with van der Waals surface area (Å²) >= 11 is 0. The molecule has 0 amide bonds.